The van der Waals surface area contributed by atoms with E-state index in [1.165, 1.54) is 12.1 Å². The van der Waals surface area contributed by atoms with E-state index in [9.17, 15) is 18.0 Å². The van der Waals surface area contributed by atoms with Gasteiger partial charge in [-0.3, -0.25) is 9.69 Å². The number of nitrogens with one attached hydrogen (secondary N) is 4. The predicted octanol–water partition coefficient (Wildman–Crippen LogP) is 4.65. The van der Waals surface area contributed by atoms with Gasteiger partial charge in [0.25, 0.3) is 5.91 Å². The Morgan fingerprint density at radius 3 is 2.10 bits per heavy atom. The summed E-state index contributed by atoms with van der Waals surface area (Å²) in [6.07, 6.45) is 4.12. The Morgan fingerprint density at radius 2 is 1.49 bits per heavy atom. The quantitative estimate of drug-likeness (QED) is 0.175. The van der Waals surface area contributed by atoms with Crippen LogP contribution in [-0.4, -0.2) is 43.8 Å². The second-order valence-electron chi connectivity index (χ2n) is 9.21. The number of hydrogen-bond acceptors (Lipinski definition) is 5. The van der Waals surface area contributed by atoms with Gasteiger partial charge in [0.15, 0.2) is 0 Å². The molecule has 0 aliphatic carbocycles. The van der Waals surface area contributed by atoms with Crippen LogP contribution in [0.3, 0.4) is 0 Å². The van der Waals surface area contributed by atoms with Crippen molar-refractivity contribution in [2.45, 2.75) is 45.2 Å². The van der Waals surface area contributed by atoms with Crippen LogP contribution in [0.1, 0.15) is 51.5 Å². The Labute approximate surface area is 225 Å². The fourth-order valence-electron chi connectivity index (χ4n) is 4.23. The summed E-state index contributed by atoms with van der Waals surface area (Å²) in [5.74, 6) is 1.56. The van der Waals surface area contributed by atoms with Crippen LogP contribution in [0, 0.1) is 0 Å². The van der Waals surface area contributed by atoms with E-state index in [-0.39, 0.29) is 18.0 Å². The number of imidazole rings is 2. The third-order valence-corrected chi connectivity index (χ3v) is 6.18. The molecule has 0 fully saturated rings. The van der Waals surface area contributed by atoms with Crippen molar-refractivity contribution < 1.29 is 18.0 Å². The molecule has 2 aromatic heterocycles. The Balaban J connectivity index is 1.18. The van der Waals surface area contributed by atoms with Crippen molar-refractivity contribution in [3.63, 3.8) is 0 Å². The first kappa shape index (κ1) is 28.1. The maximum atomic E-state index is 13.1. The highest BCUT2D eigenvalue weighted by Crippen LogP contribution is 2.31. The molecule has 39 heavy (non-hydrogen) atoms. The van der Waals surface area contributed by atoms with Crippen molar-refractivity contribution in [2.75, 3.05) is 13.1 Å². The number of alkyl halides is 3. The lowest BCUT2D eigenvalue weighted by molar-refractivity contribution is -0.138. The molecule has 4 rings (SSSR count). The van der Waals surface area contributed by atoms with Crippen LogP contribution < -0.4 is 10.6 Å². The lowest BCUT2D eigenvalue weighted by Crippen LogP contribution is -2.26. The number of amides is 1. The van der Waals surface area contributed by atoms with E-state index in [1.54, 1.807) is 30.9 Å². The fourth-order valence-corrected chi connectivity index (χ4v) is 4.23. The molecule has 4 N–H and O–H groups in total. The molecule has 8 nitrogen and oxygen atoms in total. The van der Waals surface area contributed by atoms with Crippen molar-refractivity contribution in [2.24, 2.45) is 0 Å². The molecular formula is C28H32F3N7O. The highest BCUT2D eigenvalue weighted by atomic mass is 19.4. The predicted molar refractivity (Wildman–Crippen MR) is 141 cm³/mol. The van der Waals surface area contributed by atoms with Crippen molar-refractivity contribution in [1.29, 1.82) is 0 Å². The minimum absolute atomic E-state index is 0.148. The third kappa shape index (κ3) is 8.79. The standard InChI is InChI=1S/C28H32F3N7O/c29-28(30,31)24-6-2-1-5-23(24)17-32-11-3-4-12-37-27(39)22-9-7-21(8-10-22)18-38(19-25-33-13-14-34-25)20-26-35-15-16-36-26/h1-2,5-10,13-16,32H,3-4,11-12,17-20H2,(H,33,34)(H,35,36)(H,37,39). The summed E-state index contributed by atoms with van der Waals surface area (Å²) in [5.41, 5.74) is 1.25. The van der Waals surface area contributed by atoms with Gasteiger partial charge in [-0.2, -0.15) is 13.2 Å². The topological polar surface area (TPSA) is 102 Å². The lowest BCUT2D eigenvalue weighted by atomic mass is 10.1. The van der Waals surface area contributed by atoms with Gasteiger partial charge in [0.2, 0.25) is 0 Å². The zero-order valence-electron chi connectivity index (χ0n) is 21.5. The molecule has 0 unspecified atom stereocenters. The molecule has 0 aliphatic rings. The minimum Gasteiger partial charge on any atom is -0.352 e. The molecule has 0 aliphatic heterocycles. The van der Waals surface area contributed by atoms with E-state index >= 15 is 0 Å². The van der Waals surface area contributed by atoms with Crippen LogP contribution in [0.15, 0.2) is 73.3 Å². The monoisotopic (exact) mass is 539 g/mol. The number of H-pyrrole nitrogens is 2. The second kappa shape index (κ2) is 13.7. The molecule has 2 aromatic carbocycles. The Bertz CT molecular complexity index is 1240. The number of benzene rings is 2. The van der Waals surface area contributed by atoms with E-state index in [0.29, 0.717) is 44.7 Å². The molecule has 1 amide bonds. The van der Waals surface area contributed by atoms with E-state index in [4.69, 9.17) is 0 Å². The minimum atomic E-state index is -4.36. The SMILES string of the molecule is O=C(NCCCCNCc1ccccc1C(F)(F)F)c1ccc(CN(Cc2ncc[nH]2)Cc2ncc[nH]2)cc1. The fraction of sp³-hybridized carbons (Fsp3) is 0.321. The average molecular weight is 540 g/mol. The van der Waals surface area contributed by atoms with Gasteiger partial charge in [-0.25, -0.2) is 9.97 Å². The smallest absolute Gasteiger partial charge is 0.352 e. The summed E-state index contributed by atoms with van der Waals surface area (Å²) in [7, 11) is 0. The van der Waals surface area contributed by atoms with Crippen molar-refractivity contribution >= 4 is 5.91 Å². The average Bonchev–Trinajstić information content (AvgIpc) is 3.63. The van der Waals surface area contributed by atoms with E-state index in [2.05, 4.69) is 35.5 Å². The largest absolute Gasteiger partial charge is 0.416 e. The van der Waals surface area contributed by atoms with Gasteiger partial charge in [0, 0.05) is 50.0 Å². The molecule has 2 heterocycles. The molecular weight excluding hydrogens is 507 g/mol. The van der Waals surface area contributed by atoms with Gasteiger partial charge >= 0.3 is 6.18 Å². The maximum absolute atomic E-state index is 13.1. The molecule has 0 saturated carbocycles. The first-order valence-corrected chi connectivity index (χ1v) is 12.8. The highest BCUT2D eigenvalue weighted by molar-refractivity contribution is 5.94. The summed E-state index contributed by atoms with van der Waals surface area (Å²) >= 11 is 0. The van der Waals surface area contributed by atoms with Gasteiger partial charge in [-0.15, -0.1) is 0 Å². The molecule has 0 spiro atoms. The van der Waals surface area contributed by atoms with Gasteiger partial charge in [0.1, 0.15) is 11.6 Å². The zero-order chi connectivity index (χ0) is 27.5. The summed E-state index contributed by atoms with van der Waals surface area (Å²) < 4.78 is 39.2. The van der Waals surface area contributed by atoms with Crippen molar-refractivity contribution in [3.8, 4) is 0 Å². The van der Waals surface area contributed by atoms with E-state index < -0.39 is 11.7 Å². The lowest BCUT2D eigenvalue weighted by Gasteiger charge is -2.20. The van der Waals surface area contributed by atoms with Crippen LogP contribution in [-0.2, 0) is 32.4 Å². The number of aromatic nitrogens is 4. The Morgan fingerprint density at radius 1 is 0.846 bits per heavy atom. The second-order valence-corrected chi connectivity index (χ2v) is 9.21. The number of aromatic amines is 2. The number of unbranched alkanes of at least 4 members (excludes halogenated alkanes) is 1. The van der Waals surface area contributed by atoms with E-state index in [1.807, 2.05) is 24.3 Å². The number of rotatable bonds is 14. The van der Waals surface area contributed by atoms with Crippen LogP contribution in [0.5, 0.6) is 0 Å². The summed E-state index contributed by atoms with van der Waals surface area (Å²) in [6.45, 7) is 3.10. The Kier molecular flexibility index (Phi) is 9.87. The normalized spacial score (nSPS) is 11.7. The molecule has 206 valence electrons. The maximum Gasteiger partial charge on any atom is 0.416 e. The molecule has 0 saturated heterocycles. The van der Waals surface area contributed by atoms with Crippen molar-refractivity contribution in [3.05, 3.63) is 107 Å². The number of hydrogen-bond donors (Lipinski definition) is 4. The number of halogens is 3. The molecule has 4 aromatic rings. The summed E-state index contributed by atoms with van der Waals surface area (Å²) in [5, 5.41) is 5.96. The zero-order valence-corrected chi connectivity index (χ0v) is 21.5. The molecule has 0 radical (unpaired) electrons. The first-order chi connectivity index (χ1) is 18.9. The number of nitrogens with zero attached hydrogens (tertiary/aromatic N) is 3. The van der Waals surface area contributed by atoms with Gasteiger partial charge in [0.05, 0.1) is 18.7 Å². The highest BCUT2D eigenvalue weighted by Gasteiger charge is 2.32. The Hall–Kier alpha value is -3.96. The van der Waals surface area contributed by atoms with Crippen LogP contribution in [0.2, 0.25) is 0 Å². The van der Waals surface area contributed by atoms with Crippen LogP contribution >= 0.6 is 0 Å². The van der Waals surface area contributed by atoms with Crippen molar-refractivity contribution in [1.82, 2.24) is 35.5 Å². The number of carbonyl (C=O) groups excluding carboxylic acids is 1. The molecule has 11 heteroatoms. The molecule has 0 atom stereocenters. The van der Waals surface area contributed by atoms with Gasteiger partial charge in [-0.05, 0) is 48.7 Å². The summed E-state index contributed by atoms with van der Waals surface area (Å²) in [6, 6.07) is 13.1. The van der Waals surface area contributed by atoms with Crippen LogP contribution in [0.25, 0.3) is 0 Å². The van der Waals surface area contributed by atoms with Gasteiger partial charge < -0.3 is 20.6 Å². The first-order valence-electron chi connectivity index (χ1n) is 12.8. The van der Waals surface area contributed by atoms with Crippen LogP contribution in [0.4, 0.5) is 13.2 Å². The number of carbonyl (C=O) groups is 1. The summed E-state index contributed by atoms with van der Waals surface area (Å²) in [4.78, 5) is 29.6. The van der Waals surface area contributed by atoms with E-state index in [0.717, 1.165) is 29.7 Å². The third-order valence-electron chi connectivity index (χ3n) is 6.18. The van der Waals surface area contributed by atoms with Gasteiger partial charge in [-0.1, -0.05) is 30.3 Å². The molecule has 0 bridgehead atoms.